The lowest BCUT2D eigenvalue weighted by atomic mass is 10.2. The first-order valence-corrected chi connectivity index (χ1v) is 8.40. The van der Waals surface area contributed by atoms with E-state index in [1.165, 1.54) is 19.2 Å². The van der Waals surface area contributed by atoms with Crippen molar-refractivity contribution in [2.75, 3.05) is 24.3 Å². The second-order valence-corrected chi connectivity index (χ2v) is 6.09. The van der Waals surface area contributed by atoms with Crippen LogP contribution in [0.15, 0.2) is 36.4 Å². The van der Waals surface area contributed by atoms with Crippen molar-refractivity contribution in [3.8, 4) is 11.5 Å². The lowest BCUT2D eigenvalue weighted by Crippen LogP contribution is -2.18. The van der Waals surface area contributed by atoms with Gasteiger partial charge in [0.05, 0.1) is 24.4 Å². The molecular weight excluding hydrogens is 383 g/mol. The van der Waals surface area contributed by atoms with Crippen molar-refractivity contribution in [1.29, 1.82) is 0 Å². The molecule has 0 aliphatic heterocycles. The molecule has 0 unspecified atom stereocenters. The summed E-state index contributed by atoms with van der Waals surface area (Å²) in [5.41, 5.74) is 0.226. The van der Waals surface area contributed by atoms with Crippen LogP contribution in [-0.2, 0) is 4.79 Å². The van der Waals surface area contributed by atoms with Crippen molar-refractivity contribution in [3.63, 3.8) is 0 Å². The zero-order valence-corrected chi connectivity index (χ0v) is 15.4. The van der Waals surface area contributed by atoms with Crippen LogP contribution >= 0.6 is 23.2 Å². The summed E-state index contributed by atoms with van der Waals surface area (Å²) in [7, 11) is 1.45. The molecule has 0 spiro atoms. The molecule has 7 nitrogen and oxygen atoms in total. The van der Waals surface area contributed by atoms with E-state index in [9.17, 15) is 15.2 Å². The van der Waals surface area contributed by atoms with Gasteiger partial charge in [-0.3, -0.25) is 15.2 Å². The number of ether oxygens (including phenoxy) is 2. The van der Waals surface area contributed by atoms with Gasteiger partial charge in [0, 0.05) is 17.5 Å². The first-order chi connectivity index (χ1) is 12.4. The van der Waals surface area contributed by atoms with E-state index in [1.807, 2.05) is 0 Å². The van der Waals surface area contributed by atoms with E-state index in [4.69, 9.17) is 32.7 Å². The van der Waals surface area contributed by atoms with Gasteiger partial charge in [-0.05, 0) is 36.8 Å². The predicted octanol–water partition coefficient (Wildman–Crippen LogP) is 4.38. The molecule has 1 amide bonds. The molecule has 0 saturated carbocycles. The molecule has 9 heteroatoms. The summed E-state index contributed by atoms with van der Waals surface area (Å²) in [6.45, 7) is 0.288. The summed E-state index contributed by atoms with van der Waals surface area (Å²) in [5.74, 6) is 0.605. The number of hydrogen-bond donors (Lipinski definition) is 3. The summed E-state index contributed by atoms with van der Waals surface area (Å²) >= 11 is 11.8. The Morgan fingerprint density at radius 2 is 1.96 bits per heavy atom. The van der Waals surface area contributed by atoms with Gasteiger partial charge in [0.25, 0.3) is 0 Å². The van der Waals surface area contributed by atoms with Crippen molar-refractivity contribution < 1.29 is 24.7 Å². The fourth-order valence-electron chi connectivity index (χ4n) is 2.13. The maximum absolute atomic E-state index is 12.0. The fourth-order valence-corrected chi connectivity index (χ4v) is 2.59. The quantitative estimate of drug-likeness (QED) is 0.449. The topological polar surface area (TPSA) is 91.3 Å². The maximum atomic E-state index is 12.0. The fraction of sp³-hybridized carbons (Fsp3) is 0.235. The highest BCUT2D eigenvalue weighted by Gasteiger charge is 2.12. The Hall–Kier alpha value is -2.19. The Morgan fingerprint density at radius 3 is 2.62 bits per heavy atom. The van der Waals surface area contributed by atoms with E-state index in [2.05, 4.69) is 5.32 Å². The van der Waals surface area contributed by atoms with E-state index in [0.29, 0.717) is 28.0 Å². The number of anilines is 2. The minimum atomic E-state index is -0.302. The van der Waals surface area contributed by atoms with Crippen LogP contribution in [0.4, 0.5) is 11.4 Å². The predicted molar refractivity (Wildman–Crippen MR) is 98.9 cm³/mol. The minimum absolute atomic E-state index is 0.0121. The van der Waals surface area contributed by atoms with E-state index < -0.39 is 0 Å². The Kier molecular flexibility index (Phi) is 7.35. The van der Waals surface area contributed by atoms with Gasteiger partial charge in [0.1, 0.15) is 17.2 Å². The lowest BCUT2D eigenvalue weighted by Gasteiger charge is -2.15. The monoisotopic (exact) mass is 400 g/mol. The zero-order chi connectivity index (χ0) is 19.1. The van der Waals surface area contributed by atoms with Crippen molar-refractivity contribution in [2.24, 2.45) is 0 Å². The standard InChI is InChI=1S/C17H18Cl2N2O5/c1-25-12-5-6-14(15(10-12)21(23)24)20-17(22)3-2-8-26-16-7-4-11(18)9-13(16)19/h4-7,9-10,23-24H,2-3,8H2,1H3,(H,20,22). The molecule has 0 heterocycles. The third-order valence-electron chi connectivity index (χ3n) is 3.39. The second kappa shape index (κ2) is 9.49. The average molecular weight is 401 g/mol. The second-order valence-electron chi connectivity index (χ2n) is 5.25. The molecule has 0 saturated heterocycles. The Labute approximate surface area is 160 Å². The van der Waals surface area contributed by atoms with Gasteiger partial charge in [0.2, 0.25) is 5.91 Å². The third kappa shape index (κ3) is 5.67. The molecule has 0 atom stereocenters. The van der Waals surface area contributed by atoms with Crippen molar-refractivity contribution >= 4 is 40.5 Å². The molecule has 0 fully saturated rings. The van der Waals surface area contributed by atoms with Crippen LogP contribution in [0.3, 0.4) is 0 Å². The first-order valence-electron chi connectivity index (χ1n) is 7.64. The van der Waals surface area contributed by atoms with Crippen molar-refractivity contribution in [1.82, 2.24) is 0 Å². The van der Waals surface area contributed by atoms with Crippen LogP contribution in [0.1, 0.15) is 12.8 Å². The van der Waals surface area contributed by atoms with E-state index in [1.54, 1.807) is 24.3 Å². The van der Waals surface area contributed by atoms with Gasteiger partial charge in [0.15, 0.2) is 0 Å². The highest BCUT2D eigenvalue weighted by atomic mass is 35.5. The van der Waals surface area contributed by atoms with Crippen LogP contribution in [0.5, 0.6) is 11.5 Å². The summed E-state index contributed by atoms with van der Waals surface area (Å²) in [6, 6.07) is 9.37. The molecule has 0 aromatic heterocycles. The molecule has 0 bridgehead atoms. The van der Waals surface area contributed by atoms with Crippen molar-refractivity contribution in [3.05, 3.63) is 46.4 Å². The highest BCUT2D eigenvalue weighted by Crippen LogP contribution is 2.29. The third-order valence-corrected chi connectivity index (χ3v) is 3.92. The normalized spacial score (nSPS) is 10.3. The number of carbonyl (C=O) groups is 1. The van der Waals surface area contributed by atoms with Gasteiger partial charge in [-0.2, -0.15) is 0 Å². The Morgan fingerprint density at radius 1 is 1.19 bits per heavy atom. The Balaban J connectivity index is 1.85. The van der Waals surface area contributed by atoms with Gasteiger partial charge in [-0.1, -0.05) is 23.2 Å². The Bertz CT molecular complexity index is 771. The van der Waals surface area contributed by atoms with E-state index in [0.717, 1.165) is 0 Å². The summed E-state index contributed by atoms with van der Waals surface area (Å²) in [4.78, 5) is 12.0. The van der Waals surface area contributed by atoms with Crippen LogP contribution in [-0.4, -0.2) is 30.0 Å². The van der Waals surface area contributed by atoms with E-state index >= 15 is 0 Å². The van der Waals surface area contributed by atoms with Crippen LogP contribution in [0.2, 0.25) is 10.0 Å². The van der Waals surface area contributed by atoms with Crippen LogP contribution < -0.4 is 20.0 Å². The van der Waals surface area contributed by atoms with Crippen molar-refractivity contribution in [2.45, 2.75) is 12.8 Å². The molecule has 26 heavy (non-hydrogen) atoms. The highest BCUT2D eigenvalue weighted by molar-refractivity contribution is 6.35. The maximum Gasteiger partial charge on any atom is 0.224 e. The number of methoxy groups -OCH3 is 1. The smallest absolute Gasteiger partial charge is 0.224 e. The molecule has 0 radical (unpaired) electrons. The number of amides is 1. The summed E-state index contributed by atoms with van der Waals surface area (Å²) < 4.78 is 10.5. The number of hydrogen-bond acceptors (Lipinski definition) is 6. The molecule has 3 N–H and O–H groups in total. The minimum Gasteiger partial charge on any atom is -0.497 e. The molecule has 2 rings (SSSR count). The van der Waals surface area contributed by atoms with Gasteiger partial charge < -0.3 is 14.8 Å². The van der Waals surface area contributed by atoms with Gasteiger partial charge in [-0.15, -0.1) is 5.23 Å². The van der Waals surface area contributed by atoms with Crippen LogP contribution in [0, 0.1) is 0 Å². The summed E-state index contributed by atoms with van der Waals surface area (Å²) in [6.07, 6.45) is 0.617. The summed E-state index contributed by atoms with van der Waals surface area (Å²) in [5, 5.41) is 22.0. The van der Waals surface area contributed by atoms with E-state index in [-0.39, 0.29) is 35.5 Å². The number of nitrogens with one attached hydrogen (secondary N) is 1. The average Bonchev–Trinajstić information content (AvgIpc) is 2.60. The lowest BCUT2D eigenvalue weighted by molar-refractivity contribution is -0.116. The zero-order valence-electron chi connectivity index (χ0n) is 13.9. The number of rotatable bonds is 8. The molecule has 0 aliphatic rings. The SMILES string of the molecule is COc1ccc(NC(=O)CCCOc2ccc(Cl)cc2Cl)c(N(O)O)c1. The number of carbonyl (C=O) groups excluding carboxylic acids is 1. The number of benzene rings is 2. The molecule has 2 aromatic carbocycles. The molecular formula is C17H18Cl2N2O5. The number of nitrogens with zero attached hydrogens (tertiary/aromatic N) is 1. The van der Waals surface area contributed by atoms with Gasteiger partial charge in [-0.25, -0.2) is 0 Å². The molecule has 2 aromatic rings. The van der Waals surface area contributed by atoms with Gasteiger partial charge >= 0.3 is 0 Å². The number of halogens is 2. The molecule has 0 aliphatic carbocycles. The molecule has 140 valence electrons. The first kappa shape index (κ1) is 20.1. The van der Waals surface area contributed by atoms with Crippen LogP contribution in [0.25, 0.3) is 0 Å². The largest absolute Gasteiger partial charge is 0.497 e.